The topological polar surface area (TPSA) is 80.4 Å². The van der Waals surface area contributed by atoms with E-state index in [2.05, 4.69) is 0 Å². The minimum absolute atomic E-state index is 0.00741. The van der Waals surface area contributed by atoms with Crippen LogP contribution in [0.25, 0.3) is 0 Å². The van der Waals surface area contributed by atoms with Gasteiger partial charge < -0.3 is 5.11 Å². The number of carbonyl (C=O) groups is 1. The number of hydrogen-bond acceptors (Lipinski definition) is 3. The van der Waals surface area contributed by atoms with Crippen molar-refractivity contribution in [2.24, 2.45) is 29.1 Å². The van der Waals surface area contributed by atoms with Gasteiger partial charge in [0.15, 0.2) is 0 Å². The molecule has 0 aromatic rings. The highest BCUT2D eigenvalue weighted by Gasteiger charge is 2.68. The first kappa shape index (κ1) is 11.0. The summed E-state index contributed by atoms with van der Waals surface area (Å²) in [5.74, 6) is 1.03. The Morgan fingerprint density at radius 3 is 2.76 bits per heavy atom. The molecule has 0 aromatic heterocycles. The number of nitro groups is 1. The van der Waals surface area contributed by atoms with E-state index in [1.54, 1.807) is 0 Å². The second-order valence-corrected chi connectivity index (χ2v) is 6.09. The van der Waals surface area contributed by atoms with Gasteiger partial charge in [-0.3, -0.25) is 14.9 Å². The van der Waals surface area contributed by atoms with Gasteiger partial charge in [-0.15, -0.1) is 0 Å². The first-order valence-corrected chi connectivity index (χ1v) is 6.36. The van der Waals surface area contributed by atoms with Gasteiger partial charge in [0.25, 0.3) is 0 Å². The Kier molecular flexibility index (Phi) is 2.22. The molecule has 0 aromatic carbocycles. The molecule has 3 saturated carbocycles. The summed E-state index contributed by atoms with van der Waals surface area (Å²) in [6.07, 6.45) is 4.37. The van der Waals surface area contributed by atoms with E-state index in [1.165, 1.54) is 6.42 Å². The van der Waals surface area contributed by atoms with Crippen LogP contribution in [-0.2, 0) is 4.79 Å². The molecule has 17 heavy (non-hydrogen) atoms. The maximum atomic E-state index is 11.0. The fraction of sp³-hybridized carbons (Fsp3) is 0.917. The van der Waals surface area contributed by atoms with Crippen molar-refractivity contribution in [1.29, 1.82) is 0 Å². The average molecular weight is 239 g/mol. The summed E-state index contributed by atoms with van der Waals surface area (Å²) < 4.78 is 0. The van der Waals surface area contributed by atoms with E-state index in [4.69, 9.17) is 5.11 Å². The molecule has 0 heterocycles. The number of rotatable bonds is 4. The van der Waals surface area contributed by atoms with Crippen molar-refractivity contribution in [3.8, 4) is 0 Å². The molecule has 2 bridgehead atoms. The van der Waals surface area contributed by atoms with Crippen molar-refractivity contribution in [3.63, 3.8) is 0 Å². The van der Waals surface area contributed by atoms with Crippen LogP contribution in [0.3, 0.4) is 0 Å². The molecule has 0 spiro atoms. The Bertz CT molecular complexity index is 357. The molecule has 0 amide bonds. The molecular weight excluding hydrogens is 222 g/mol. The van der Waals surface area contributed by atoms with E-state index >= 15 is 0 Å². The van der Waals surface area contributed by atoms with Crippen LogP contribution in [-0.4, -0.2) is 22.5 Å². The fourth-order valence-corrected chi connectivity index (χ4v) is 5.09. The quantitative estimate of drug-likeness (QED) is 0.599. The first-order valence-electron chi connectivity index (χ1n) is 6.36. The molecule has 1 N–H and O–H groups in total. The largest absolute Gasteiger partial charge is 0.481 e. The number of fused-ring (bicyclic) bond motifs is 1. The molecule has 94 valence electrons. The molecule has 3 fully saturated rings. The maximum absolute atomic E-state index is 11.0. The summed E-state index contributed by atoms with van der Waals surface area (Å²) in [5, 5.41) is 19.9. The number of carboxylic acid groups (broad SMARTS) is 1. The van der Waals surface area contributed by atoms with Crippen molar-refractivity contribution < 1.29 is 14.8 Å². The Hall–Kier alpha value is -1.13. The molecule has 0 aliphatic heterocycles. The van der Waals surface area contributed by atoms with Crippen LogP contribution in [0.1, 0.15) is 32.1 Å². The molecule has 0 saturated heterocycles. The standard InChI is InChI=1S/C12H17NO4/c14-11(15)5-12(6-13(16)17)9-2-1-7-3-8(9)10(12)4-7/h7-10H,1-6H2,(H,14,15)/t7-,8-,9+,10-,12+/m0/s1. The molecule has 0 unspecified atom stereocenters. The Labute approximate surface area is 99.3 Å². The normalized spacial score (nSPS) is 46.4. The highest BCUT2D eigenvalue weighted by molar-refractivity contribution is 5.68. The van der Waals surface area contributed by atoms with Gasteiger partial charge in [0.2, 0.25) is 6.54 Å². The van der Waals surface area contributed by atoms with Gasteiger partial charge in [-0.1, -0.05) is 6.42 Å². The molecule has 3 aliphatic rings. The lowest BCUT2D eigenvalue weighted by atomic mass is 9.45. The second-order valence-electron chi connectivity index (χ2n) is 6.09. The van der Waals surface area contributed by atoms with E-state index < -0.39 is 11.4 Å². The van der Waals surface area contributed by atoms with Gasteiger partial charge in [-0.2, -0.15) is 0 Å². The second kappa shape index (κ2) is 3.43. The summed E-state index contributed by atoms with van der Waals surface area (Å²) in [6, 6.07) is 0. The van der Waals surface area contributed by atoms with Gasteiger partial charge in [-0.25, -0.2) is 0 Å². The zero-order chi connectivity index (χ0) is 12.2. The highest BCUT2D eigenvalue weighted by atomic mass is 16.6. The number of carboxylic acids is 1. The van der Waals surface area contributed by atoms with Gasteiger partial charge in [0.05, 0.1) is 11.8 Å². The zero-order valence-electron chi connectivity index (χ0n) is 9.67. The van der Waals surface area contributed by atoms with Crippen LogP contribution in [0.2, 0.25) is 0 Å². The van der Waals surface area contributed by atoms with Crippen LogP contribution < -0.4 is 0 Å². The summed E-state index contributed by atoms with van der Waals surface area (Å²) in [4.78, 5) is 21.6. The van der Waals surface area contributed by atoms with Crippen molar-refractivity contribution in [2.75, 3.05) is 6.54 Å². The lowest BCUT2D eigenvalue weighted by Crippen LogP contribution is -2.58. The van der Waals surface area contributed by atoms with Crippen LogP contribution in [0.4, 0.5) is 0 Å². The van der Waals surface area contributed by atoms with Crippen LogP contribution in [0.15, 0.2) is 0 Å². The molecule has 3 aliphatic carbocycles. The zero-order valence-corrected chi connectivity index (χ0v) is 9.67. The Balaban J connectivity index is 1.89. The number of nitrogens with zero attached hydrogens (tertiary/aromatic N) is 1. The van der Waals surface area contributed by atoms with Crippen molar-refractivity contribution in [3.05, 3.63) is 10.1 Å². The molecule has 0 radical (unpaired) electrons. The van der Waals surface area contributed by atoms with E-state index in [-0.39, 0.29) is 17.9 Å². The van der Waals surface area contributed by atoms with Crippen molar-refractivity contribution >= 4 is 5.97 Å². The van der Waals surface area contributed by atoms with E-state index in [0.717, 1.165) is 19.3 Å². The molecule has 3 rings (SSSR count). The summed E-state index contributed by atoms with van der Waals surface area (Å²) in [6.45, 7) is -0.141. The van der Waals surface area contributed by atoms with Crippen molar-refractivity contribution in [2.45, 2.75) is 32.1 Å². The molecule has 5 nitrogen and oxygen atoms in total. The predicted octanol–water partition coefficient (Wildman–Crippen LogP) is 1.79. The highest BCUT2D eigenvalue weighted by Crippen LogP contribution is 2.70. The summed E-state index contributed by atoms with van der Waals surface area (Å²) in [7, 11) is 0. The third-order valence-electron chi connectivity index (χ3n) is 5.49. The smallest absolute Gasteiger partial charge is 0.304 e. The maximum Gasteiger partial charge on any atom is 0.304 e. The Morgan fingerprint density at radius 2 is 2.12 bits per heavy atom. The van der Waals surface area contributed by atoms with Gasteiger partial charge in [-0.05, 0) is 42.9 Å². The van der Waals surface area contributed by atoms with E-state index in [0.29, 0.717) is 23.7 Å². The lowest BCUT2D eigenvalue weighted by molar-refractivity contribution is -0.511. The fourth-order valence-electron chi connectivity index (χ4n) is 5.09. The molecule has 5 atom stereocenters. The number of hydrogen-bond donors (Lipinski definition) is 1. The van der Waals surface area contributed by atoms with E-state index in [1.807, 2.05) is 0 Å². The Morgan fingerprint density at radius 1 is 1.35 bits per heavy atom. The average Bonchev–Trinajstić information content (AvgIpc) is 2.41. The third-order valence-corrected chi connectivity index (χ3v) is 5.49. The SMILES string of the molecule is O=C(O)C[C@@]1(C[N+](=O)[O-])[C@@H]2CC[C@H]3C[C@@H]2[C@@H]1C3. The summed E-state index contributed by atoms with van der Waals surface area (Å²) in [5.41, 5.74) is -0.523. The van der Waals surface area contributed by atoms with E-state index in [9.17, 15) is 14.9 Å². The van der Waals surface area contributed by atoms with Crippen LogP contribution in [0, 0.1) is 39.2 Å². The first-order chi connectivity index (χ1) is 8.03. The minimum atomic E-state index is -0.874. The lowest BCUT2D eigenvalue weighted by Gasteiger charge is -2.57. The van der Waals surface area contributed by atoms with Crippen molar-refractivity contribution in [1.82, 2.24) is 0 Å². The third kappa shape index (κ3) is 1.40. The van der Waals surface area contributed by atoms with Gasteiger partial charge >= 0.3 is 5.97 Å². The van der Waals surface area contributed by atoms with Gasteiger partial charge in [0.1, 0.15) is 0 Å². The molecule has 5 heteroatoms. The number of aliphatic carboxylic acids is 1. The van der Waals surface area contributed by atoms with Gasteiger partial charge in [0, 0.05) is 4.92 Å². The molecular formula is C12H17NO4. The minimum Gasteiger partial charge on any atom is -0.481 e. The predicted molar refractivity (Wildman–Crippen MR) is 59.0 cm³/mol. The van der Waals surface area contributed by atoms with Crippen LogP contribution in [0.5, 0.6) is 0 Å². The van der Waals surface area contributed by atoms with Crippen LogP contribution >= 0.6 is 0 Å². The summed E-state index contributed by atoms with van der Waals surface area (Å²) >= 11 is 0. The monoisotopic (exact) mass is 239 g/mol.